The molecule has 1 N–H and O–H groups in total. The zero-order valence-corrected chi connectivity index (χ0v) is 15.0. The summed E-state index contributed by atoms with van der Waals surface area (Å²) in [5.41, 5.74) is 2.42. The number of benzene rings is 2. The average molecular weight is 390 g/mol. The average Bonchev–Trinajstić information content (AvgIpc) is 3.13. The highest BCUT2D eigenvalue weighted by Gasteiger charge is 2.28. The van der Waals surface area contributed by atoms with Crippen molar-refractivity contribution in [1.82, 2.24) is 9.78 Å². The van der Waals surface area contributed by atoms with Crippen LogP contribution in [0.25, 0.3) is 5.69 Å². The smallest absolute Gasteiger partial charge is 0.256 e. The summed E-state index contributed by atoms with van der Waals surface area (Å²) in [5, 5.41) is 7.76. The molecule has 0 radical (unpaired) electrons. The number of carbonyl (C=O) groups excluding carboxylic acids is 1. The van der Waals surface area contributed by atoms with Gasteiger partial charge in [0.1, 0.15) is 11.6 Å². The first-order valence-electron chi connectivity index (χ1n) is 7.80. The van der Waals surface area contributed by atoms with E-state index in [1.54, 1.807) is 41.1 Å². The maximum absolute atomic E-state index is 13.2. The van der Waals surface area contributed by atoms with Gasteiger partial charge in [-0.05, 0) is 42.5 Å². The Kier molecular flexibility index (Phi) is 4.34. The summed E-state index contributed by atoms with van der Waals surface area (Å²) < 4.78 is 26.7. The Balaban J connectivity index is 1.75. The van der Waals surface area contributed by atoms with Crippen LogP contribution < -0.4 is 5.32 Å². The Labute approximate surface area is 156 Å². The third-order valence-electron chi connectivity index (χ3n) is 4.06. The van der Waals surface area contributed by atoms with Crippen LogP contribution in [-0.4, -0.2) is 19.9 Å². The number of hydrogen-bond donors (Lipinski definition) is 1. The molecule has 1 unspecified atom stereocenters. The molecule has 0 spiro atoms. The van der Waals surface area contributed by atoms with Gasteiger partial charge in [-0.3, -0.25) is 9.00 Å². The van der Waals surface area contributed by atoms with Crippen LogP contribution in [0.5, 0.6) is 0 Å². The highest BCUT2D eigenvalue weighted by molar-refractivity contribution is 7.83. The van der Waals surface area contributed by atoms with Gasteiger partial charge in [-0.2, -0.15) is 5.10 Å². The highest BCUT2D eigenvalue weighted by Crippen LogP contribution is 2.31. The Hall–Kier alpha value is -2.51. The molecule has 5 nitrogen and oxygen atoms in total. The normalized spacial score (nSPS) is 15.7. The zero-order valence-electron chi connectivity index (χ0n) is 13.4. The predicted octanol–water partition coefficient (Wildman–Crippen LogP) is 3.68. The number of rotatable bonds is 3. The molecule has 1 aromatic heterocycles. The molecule has 1 amide bonds. The van der Waals surface area contributed by atoms with Crippen molar-refractivity contribution in [3.8, 4) is 5.69 Å². The van der Waals surface area contributed by atoms with E-state index in [4.69, 9.17) is 11.6 Å². The van der Waals surface area contributed by atoms with Crippen LogP contribution in [-0.2, 0) is 22.3 Å². The number of nitrogens with one attached hydrogen (secondary N) is 1. The fourth-order valence-corrected chi connectivity index (χ4v) is 4.29. The van der Waals surface area contributed by atoms with Crippen LogP contribution in [0.3, 0.4) is 0 Å². The molecule has 3 aromatic rings. The van der Waals surface area contributed by atoms with Gasteiger partial charge in [0.05, 0.1) is 22.9 Å². The first kappa shape index (κ1) is 16.9. The van der Waals surface area contributed by atoms with Crippen LogP contribution in [0.15, 0.2) is 48.5 Å². The molecule has 4 rings (SSSR count). The topological polar surface area (TPSA) is 64.0 Å². The molecule has 8 heteroatoms. The number of nitrogens with zero attached hydrogens (tertiary/aromatic N) is 2. The van der Waals surface area contributed by atoms with Gasteiger partial charge >= 0.3 is 0 Å². The Morgan fingerprint density at radius 2 is 1.96 bits per heavy atom. The van der Waals surface area contributed by atoms with Crippen LogP contribution in [0.2, 0.25) is 5.02 Å². The van der Waals surface area contributed by atoms with Gasteiger partial charge in [0.2, 0.25) is 0 Å². The summed E-state index contributed by atoms with van der Waals surface area (Å²) >= 11 is 5.95. The lowest BCUT2D eigenvalue weighted by Crippen LogP contribution is -2.16. The Morgan fingerprint density at radius 1 is 1.19 bits per heavy atom. The van der Waals surface area contributed by atoms with E-state index >= 15 is 0 Å². The summed E-state index contributed by atoms with van der Waals surface area (Å²) in [7, 11) is -1.04. The van der Waals surface area contributed by atoms with Crippen molar-refractivity contribution in [2.75, 3.05) is 5.32 Å². The largest absolute Gasteiger partial charge is 0.306 e. The zero-order chi connectivity index (χ0) is 18.3. The predicted molar refractivity (Wildman–Crippen MR) is 98.5 cm³/mol. The third kappa shape index (κ3) is 3.15. The molecule has 132 valence electrons. The molecule has 0 saturated heterocycles. The van der Waals surface area contributed by atoms with E-state index in [1.807, 2.05) is 0 Å². The maximum Gasteiger partial charge on any atom is 0.256 e. The fourth-order valence-electron chi connectivity index (χ4n) is 2.83. The van der Waals surface area contributed by atoms with Crippen molar-refractivity contribution < 1.29 is 13.4 Å². The molecular formula is C18H13ClFN3O2S. The van der Waals surface area contributed by atoms with Crippen molar-refractivity contribution in [3.05, 3.63) is 76.2 Å². The Bertz CT molecular complexity index is 1030. The van der Waals surface area contributed by atoms with Gasteiger partial charge in [0, 0.05) is 26.9 Å². The fraction of sp³-hybridized carbons (Fsp3) is 0.111. The van der Waals surface area contributed by atoms with Gasteiger partial charge in [0.25, 0.3) is 5.91 Å². The van der Waals surface area contributed by atoms with E-state index in [-0.39, 0.29) is 11.7 Å². The molecule has 1 atom stereocenters. The van der Waals surface area contributed by atoms with E-state index < -0.39 is 10.8 Å². The molecular weight excluding hydrogens is 377 g/mol. The number of halogens is 2. The van der Waals surface area contributed by atoms with Crippen LogP contribution >= 0.6 is 11.6 Å². The van der Waals surface area contributed by atoms with Crippen molar-refractivity contribution in [3.63, 3.8) is 0 Å². The van der Waals surface area contributed by atoms with Gasteiger partial charge < -0.3 is 5.32 Å². The van der Waals surface area contributed by atoms with Crippen molar-refractivity contribution >= 4 is 34.1 Å². The quantitative estimate of drug-likeness (QED) is 0.743. The number of carbonyl (C=O) groups is 1. The van der Waals surface area contributed by atoms with Crippen LogP contribution in [0.1, 0.15) is 21.6 Å². The summed E-state index contributed by atoms with van der Waals surface area (Å²) in [6, 6.07) is 12.4. The van der Waals surface area contributed by atoms with Crippen LogP contribution in [0, 0.1) is 5.82 Å². The van der Waals surface area contributed by atoms with Gasteiger partial charge in [-0.25, -0.2) is 9.07 Å². The molecule has 1 aliphatic rings. The Morgan fingerprint density at radius 3 is 2.69 bits per heavy atom. The molecule has 0 aliphatic carbocycles. The van der Waals surface area contributed by atoms with E-state index in [2.05, 4.69) is 10.4 Å². The molecule has 1 aliphatic heterocycles. The van der Waals surface area contributed by atoms with Crippen molar-refractivity contribution in [2.45, 2.75) is 11.5 Å². The molecule has 0 bridgehead atoms. The first-order chi connectivity index (χ1) is 12.5. The van der Waals surface area contributed by atoms with Crippen molar-refractivity contribution in [2.24, 2.45) is 0 Å². The van der Waals surface area contributed by atoms with E-state index in [0.717, 1.165) is 5.56 Å². The molecule has 0 saturated carbocycles. The van der Waals surface area contributed by atoms with Gasteiger partial charge in [0.15, 0.2) is 0 Å². The standard InChI is InChI=1S/C18H13ClFN3O2S/c19-12-3-1-2-11(8-12)18(24)21-17-15-9-26(25)10-16(15)22-23(17)14-6-4-13(20)5-7-14/h1-8H,9-10H2,(H,21,24). The lowest BCUT2D eigenvalue weighted by Gasteiger charge is -2.11. The molecule has 26 heavy (non-hydrogen) atoms. The summed E-state index contributed by atoms with van der Waals surface area (Å²) in [4.78, 5) is 12.6. The monoisotopic (exact) mass is 389 g/mol. The summed E-state index contributed by atoms with van der Waals surface area (Å²) in [6.45, 7) is 0. The third-order valence-corrected chi connectivity index (χ3v) is 5.50. The SMILES string of the molecule is O=C(Nc1c2c(nn1-c1ccc(F)cc1)CS(=O)C2)c1cccc(Cl)c1. The molecule has 0 fully saturated rings. The second-order valence-corrected chi connectivity index (χ2v) is 7.75. The molecule has 2 heterocycles. The molecule has 2 aromatic carbocycles. The lowest BCUT2D eigenvalue weighted by molar-refractivity contribution is 0.102. The minimum Gasteiger partial charge on any atom is -0.306 e. The van der Waals surface area contributed by atoms with Crippen LogP contribution in [0.4, 0.5) is 10.2 Å². The number of hydrogen-bond acceptors (Lipinski definition) is 3. The van der Waals surface area contributed by atoms with Gasteiger partial charge in [-0.15, -0.1) is 0 Å². The lowest BCUT2D eigenvalue weighted by atomic mass is 10.2. The second kappa shape index (κ2) is 6.66. The number of aromatic nitrogens is 2. The number of amides is 1. The minimum atomic E-state index is -1.04. The minimum absolute atomic E-state index is 0.321. The van der Waals surface area contributed by atoms with E-state index in [1.165, 1.54) is 12.1 Å². The first-order valence-corrected chi connectivity index (χ1v) is 9.66. The van der Waals surface area contributed by atoms with Gasteiger partial charge in [-0.1, -0.05) is 17.7 Å². The second-order valence-electron chi connectivity index (χ2n) is 5.86. The summed E-state index contributed by atoms with van der Waals surface area (Å²) in [6.07, 6.45) is 0. The van der Waals surface area contributed by atoms with E-state index in [9.17, 15) is 13.4 Å². The summed E-state index contributed by atoms with van der Waals surface area (Å²) in [5.74, 6) is 0.392. The number of anilines is 1. The van der Waals surface area contributed by atoms with E-state index in [0.29, 0.717) is 39.3 Å². The highest BCUT2D eigenvalue weighted by atomic mass is 35.5. The maximum atomic E-state index is 13.2. The number of fused-ring (bicyclic) bond motifs is 1. The van der Waals surface area contributed by atoms with Crippen molar-refractivity contribution in [1.29, 1.82) is 0 Å².